The Kier molecular flexibility index (Phi) is 4.52. The Hall–Kier alpha value is -0.650. The molecule has 1 aromatic heterocycles. The van der Waals surface area contributed by atoms with E-state index in [1.807, 2.05) is 18.4 Å². The molecule has 2 unspecified atom stereocenters. The van der Waals surface area contributed by atoms with Crippen LogP contribution in [0.5, 0.6) is 0 Å². The lowest BCUT2D eigenvalue weighted by Gasteiger charge is -2.39. The van der Waals surface area contributed by atoms with Crippen LogP contribution < -0.4 is 10.2 Å². The molecule has 0 saturated carbocycles. The highest BCUT2D eigenvalue weighted by Gasteiger charge is 2.33. The summed E-state index contributed by atoms with van der Waals surface area (Å²) in [5, 5.41) is 4.79. The molecule has 0 spiro atoms. The van der Waals surface area contributed by atoms with Crippen molar-refractivity contribution in [2.24, 2.45) is 0 Å². The van der Waals surface area contributed by atoms with Gasteiger partial charge in [-0.25, -0.2) is 4.98 Å². The Morgan fingerprint density at radius 2 is 2.33 bits per heavy atom. The van der Waals surface area contributed by atoms with Gasteiger partial charge in [0.05, 0.1) is 17.3 Å². The fourth-order valence-corrected chi connectivity index (χ4v) is 4.71. The molecule has 1 fully saturated rings. The summed E-state index contributed by atoms with van der Waals surface area (Å²) >= 11 is 1.90. The highest BCUT2D eigenvalue weighted by atomic mass is 32.1. The Morgan fingerprint density at radius 1 is 1.48 bits per heavy atom. The number of aryl methyl sites for hydroxylation is 1. The minimum atomic E-state index is -0.0223. The normalized spacial score (nSPS) is 29.5. The zero-order chi connectivity index (χ0) is 14.9. The molecule has 3 rings (SSSR count). The summed E-state index contributed by atoms with van der Waals surface area (Å²) in [5.41, 5.74) is 1.29. The van der Waals surface area contributed by atoms with Crippen molar-refractivity contribution in [2.75, 3.05) is 31.6 Å². The third-order valence-corrected chi connectivity index (χ3v) is 6.01. The monoisotopic (exact) mass is 309 g/mol. The van der Waals surface area contributed by atoms with Crippen LogP contribution in [-0.2, 0) is 11.2 Å². The lowest BCUT2D eigenvalue weighted by atomic mass is 9.95. The van der Waals surface area contributed by atoms with E-state index in [1.54, 1.807) is 0 Å². The summed E-state index contributed by atoms with van der Waals surface area (Å²) in [6.07, 6.45) is 6.03. The third-order valence-electron chi connectivity index (χ3n) is 4.82. The number of thiazole rings is 1. The first-order valence-corrected chi connectivity index (χ1v) is 9.00. The minimum Gasteiger partial charge on any atom is -0.377 e. The number of aromatic nitrogens is 1. The number of hydrogen-bond donors (Lipinski definition) is 1. The number of nitrogens with one attached hydrogen (secondary N) is 1. The second-order valence-corrected chi connectivity index (χ2v) is 7.55. The molecule has 1 saturated heterocycles. The van der Waals surface area contributed by atoms with E-state index in [4.69, 9.17) is 9.72 Å². The van der Waals surface area contributed by atoms with Crippen molar-refractivity contribution < 1.29 is 4.74 Å². The lowest BCUT2D eigenvalue weighted by Crippen LogP contribution is -2.47. The molecule has 2 atom stereocenters. The minimum absolute atomic E-state index is 0.0223. The average Bonchev–Trinajstić information content (AvgIpc) is 2.93. The average molecular weight is 309 g/mol. The van der Waals surface area contributed by atoms with Crippen LogP contribution in [-0.4, -0.2) is 37.3 Å². The largest absolute Gasteiger partial charge is 0.377 e. The Balaban J connectivity index is 1.80. The summed E-state index contributed by atoms with van der Waals surface area (Å²) in [7, 11) is 1.83. The van der Waals surface area contributed by atoms with Crippen LogP contribution in [0.1, 0.15) is 56.1 Å². The Labute approximate surface area is 131 Å². The quantitative estimate of drug-likeness (QED) is 0.927. The van der Waals surface area contributed by atoms with Crippen molar-refractivity contribution in [2.45, 2.75) is 57.6 Å². The van der Waals surface area contributed by atoms with Gasteiger partial charge in [0.25, 0.3) is 0 Å². The molecule has 0 radical (unpaired) electrons. The van der Waals surface area contributed by atoms with Crippen molar-refractivity contribution in [3.63, 3.8) is 0 Å². The van der Waals surface area contributed by atoms with Crippen LogP contribution in [0, 0.1) is 0 Å². The standard InChI is InChI=1S/C16H27N3OS/c1-4-17-12-7-5-8-13-14(12)18-15(21-13)19-10-6-9-16(2,11-19)20-3/h12,17H,4-11H2,1-3H3. The molecule has 21 heavy (non-hydrogen) atoms. The predicted molar refractivity (Wildman–Crippen MR) is 88.3 cm³/mol. The maximum atomic E-state index is 5.71. The molecule has 5 heteroatoms. The van der Waals surface area contributed by atoms with Crippen LogP contribution in [0.2, 0.25) is 0 Å². The number of fused-ring (bicyclic) bond motifs is 1. The first-order chi connectivity index (χ1) is 10.1. The summed E-state index contributed by atoms with van der Waals surface area (Å²) in [6.45, 7) is 7.48. The zero-order valence-electron chi connectivity index (χ0n) is 13.4. The maximum Gasteiger partial charge on any atom is 0.185 e. The van der Waals surface area contributed by atoms with E-state index in [1.165, 1.54) is 41.4 Å². The molecule has 118 valence electrons. The van der Waals surface area contributed by atoms with Crippen molar-refractivity contribution in [1.82, 2.24) is 10.3 Å². The summed E-state index contributed by atoms with van der Waals surface area (Å²) < 4.78 is 5.71. The molecule has 2 aliphatic rings. The van der Waals surface area contributed by atoms with E-state index in [0.29, 0.717) is 6.04 Å². The predicted octanol–water partition coefficient (Wildman–Crippen LogP) is 3.14. The van der Waals surface area contributed by atoms with Gasteiger partial charge in [-0.2, -0.15) is 0 Å². The highest BCUT2D eigenvalue weighted by Crippen LogP contribution is 2.38. The Morgan fingerprint density at radius 3 is 3.10 bits per heavy atom. The van der Waals surface area contributed by atoms with Crippen molar-refractivity contribution >= 4 is 16.5 Å². The summed E-state index contributed by atoms with van der Waals surface area (Å²) in [5.74, 6) is 0. The van der Waals surface area contributed by atoms with Crippen molar-refractivity contribution in [3.8, 4) is 0 Å². The molecule has 1 N–H and O–H groups in total. The SMILES string of the molecule is CCNC1CCCc2sc(N3CCCC(C)(OC)C3)nc21. The molecular weight excluding hydrogens is 282 g/mol. The van der Waals surface area contributed by atoms with Gasteiger partial charge < -0.3 is 15.0 Å². The van der Waals surface area contributed by atoms with E-state index in [-0.39, 0.29) is 5.60 Å². The van der Waals surface area contributed by atoms with Gasteiger partial charge in [-0.1, -0.05) is 6.92 Å². The number of nitrogens with zero attached hydrogens (tertiary/aromatic N) is 2. The van der Waals surface area contributed by atoms with E-state index < -0.39 is 0 Å². The van der Waals surface area contributed by atoms with E-state index in [9.17, 15) is 0 Å². The van der Waals surface area contributed by atoms with Gasteiger partial charge in [-0.15, -0.1) is 11.3 Å². The van der Waals surface area contributed by atoms with E-state index in [0.717, 1.165) is 26.1 Å². The second-order valence-electron chi connectivity index (χ2n) is 6.49. The third kappa shape index (κ3) is 3.10. The molecule has 2 heterocycles. The highest BCUT2D eigenvalue weighted by molar-refractivity contribution is 7.15. The summed E-state index contributed by atoms with van der Waals surface area (Å²) in [6, 6.07) is 0.461. The first kappa shape index (κ1) is 15.3. The topological polar surface area (TPSA) is 37.4 Å². The smallest absolute Gasteiger partial charge is 0.185 e. The van der Waals surface area contributed by atoms with Gasteiger partial charge in [0.1, 0.15) is 0 Å². The van der Waals surface area contributed by atoms with Crippen LogP contribution in [0.4, 0.5) is 5.13 Å². The maximum absolute atomic E-state index is 5.71. The van der Waals surface area contributed by atoms with Gasteiger partial charge in [-0.3, -0.25) is 0 Å². The Bertz CT molecular complexity index is 490. The number of anilines is 1. The van der Waals surface area contributed by atoms with Gasteiger partial charge >= 0.3 is 0 Å². The van der Waals surface area contributed by atoms with E-state index >= 15 is 0 Å². The molecule has 1 aliphatic carbocycles. The molecule has 0 amide bonds. The van der Waals surface area contributed by atoms with Gasteiger partial charge in [0.2, 0.25) is 0 Å². The van der Waals surface area contributed by atoms with E-state index in [2.05, 4.69) is 24.1 Å². The van der Waals surface area contributed by atoms with Crippen molar-refractivity contribution in [1.29, 1.82) is 0 Å². The molecule has 1 aromatic rings. The molecule has 0 aromatic carbocycles. The summed E-state index contributed by atoms with van der Waals surface area (Å²) in [4.78, 5) is 8.92. The van der Waals surface area contributed by atoms with Gasteiger partial charge in [0, 0.05) is 25.1 Å². The lowest BCUT2D eigenvalue weighted by molar-refractivity contribution is -0.00466. The fourth-order valence-electron chi connectivity index (χ4n) is 3.52. The number of hydrogen-bond acceptors (Lipinski definition) is 5. The number of ether oxygens (including phenoxy) is 1. The number of rotatable bonds is 4. The van der Waals surface area contributed by atoms with Gasteiger partial charge in [-0.05, 0) is 45.6 Å². The number of piperidine rings is 1. The van der Waals surface area contributed by atoms with Crippen LogP contribution in [0.15, 0.2) is 0 Å². The van der Waals surface area contributed by atoms with Crippen LogP contribution in [0.3, 0.4) is 0 Å². The second kappa shape index (κ2) is 6.23. The first-order valence-electron chi connectivity index (χ1n) is 8.18. The molecule has 0 bridgehead atoms. The fraction of sp³-hybridized carbons (Fsp3) is 0.812. The molecule has 4 nitrogen and oxygen atoms in total. The van der Waals surface area contributed by atoms with Crippen LogP contribution in [0.25, 0.3) is 0 Å². The molecular formula is C16H27N3OS. The zero-order valence-corrected chi connectivity index (χ0v) is 14.3. The van der Waals surface area contributed by atoms with Gasteiger partial charge in [0.15, 0.2) is 5.13 Å². The molecule has 1 aliphatic heterocycles. The van der Waals surface area contributed by atoms with Crippen molar-refractivity contribution in [3.05, 3.63) is 10.6 Å². The van der Waals surface area contributed by atoms with Crippen LogP contribution >= 0.6 is 11.3 Å². The number of methoxy groups -OCH3 is 1.